The highest BCUT2D eigenvalue weighted by molar-refractivity contribution is 6.31. The van der Waals surface area contributed by atoms with Gasteiger partial charge in [0.1, 0.15) is 0 Å². The van der Waals surface area contributed by atoms with Gasteiger partial charge < -0.3 is 5.11 Å². The molecule has 0 saturated carbocycles. The number of allylic oxidation sites excluding steroid dienone is 1. The molecule has 1 atom stereocenters. The molecule has 0 saturated heterocycles. The Bertz CT molecular complexity index is 517. The molecular weight excluding hydrogens is 272 g/mol. The second kappa shape index (κ2) is 5.90. The Kier molecular flexibility index (Phi) is 4.60. The van der Waals surface area contributed by atoms with E-state index in [2.05, 4.69) is 32.8 Å². The van der Waals surface area contributed by atoms with Crippen LogP contribution in [0.15, 0.2) is 11.6 Å². The van der Waals surface area contributed by atoms with Crippen molar-refractivity contribution in [3.63, 3.8) is 0 Å². The van der Waals surface area contributed by atoms with E-state index in [4.69, 9.17) is 11.6 Å². The molecule has 3 nitrogen and oxygen atoms in total. The first-order chi connectivity index (χ1) is 9.36. The van der Waals surface area contributed by atoms with Gasteiger partial charge in [-0.25, -0.2) is 0 Å². The van der Waals surface area contributed by atoms with Crippen LogP contribution in [-0.2, 0) is 19.4 Å². The van der Waals surface area contributed by atoms with E-state index in [0.717, 1.165) is 48.6 Å². The summed E-state index contributed by atoms with van der Waals surface area (Å²) in [7, 11) is 0. The SMILES string of the molecule is CCc1nn(CC)c(CC2=CC(O)CC(C)(C)C2)c1Cl. The maximum Gasteiger partial charge on any atom is 0.0853 e. The van der Waals surface area contributed by atoms with Crippen molar-refractivity contribution in [3.8, 4) is 0 Å². The van der Waals surface area contributed by atoms with E-state index in [1.54, 1.807) is 0 Å². The maximum atomic E-state index is 10.0. The van der Waals surface area contributed by atoms with E-state index >= 15 is 0 Å². The lowest BCUT2D eigenvalue weighted by Crippen LogP contribution is -2.25. The van der Waals surface area contributed by atoms with Crippen LogP contribution in [0.2, 0.25) is 5.02 Å². The molecule has 1 unspecified atom stereocenters. The third-order valence-corrected chi connectivity index (χ3v) is 4.42. The molecule has 1 aromatic rings. The fourth-order valence-electron chi connectivity index (χ4n) is 3.17. The minimum atomic E-state index is -0.337. The predicted molar refractivity (Wildman–Crippen MR) is 83.1 cm³/mol. The van der Waals surface area contributed by atoms with Crippen molar-refractivity contribution in [1.29, 1.82) is 0 Å². The number of hydrogen-bond donors (Lipinski definition) is 1. The van der Waals surface area contributed by atoms with Gasteiger partial charge in [0.25, 0.3) is 0 Å². The highest BCUT2D eigenvalue weighted by atomic mass is 35.5. The van der Waals surface area contributed by atoms with Crippen molar-refractivity contribution in [2.24, 2.45) is 5.41 Å². The van der Waals surface area contributed by atoms with E-state index in [1.165, 1.54) is 5.57 Å². The zero-order valence-corrected chi connectivity index (χ0v) is 13.7. The zero-order valence-electron chi connectivity index (χ0n) is 12.9. The van der Waals surface area contributed by atoms with Gasteiger partial charge in [-0.05, 0) is 31.6 Å². The summed E-state index contributed by atoms with van der Waals surface area (Å²) in [6.45, 7) is 9.40. The van der Waals surface area contributed by atoms with E-state index in [0.29, 0.717) is 0 Å². The van der Waals surface area contributed by atoms with Gasteiger partial charge in [0.15, 0.2) is 0 Å². The molecule has 0 bridgehead atoms. The monoisotopic (exact) mass is 296 g/mol. The minimum Gasteiger partial charge on any atom is -0.389 e. The van der Waals surface area contributed by atoms with Gasteiger partial charge in [0.05, 0.1) is 22.5 Å². The Balaban J connectivity index is 2.28. The summed E-state index contributed by atoms with van der Waals surface area (Å²) in [6.07, 6.45) is 5.15. The van der Waals surface area contributed by atoms with Gasteiger partial charge in [-0.3, -0.25) is 4.68 Å². The van der Waals surface area contributed by atoms with Crippen molar-refractivity contribution in [3.05, 3.63) is 28.1 Å². The number of aliphatic hydroxyl groups is 1. The lowest BCUT2D eigenvalue weighted by molar-refractivity contribution is 0.138. The lowest BCUT2D eigenvalue weighted by atomic mass is 9.75. The fraction of sp³-hybridized carbons (Fsp3) is 0.688. The number of nitrogens with zero attached hydrogens (tertiary/aromatic N) is 2. The molecule has 20 heavy (non-hydrogen) atoms. The molecule has 1 aliphatic rings. The van der Waals surface area contributed by atoms with Gasteiger partial charge >= 0.3 is 0 Å². The van der Waals surface area contributed by atoms with Crippen LogP contribution in [0, 0.1) is 5.41 Å². The van der Waals surface area contributed by atoms with E-state index in [9.17, 15) is 5.11 Å². The predicted octanol–water partition coefficient (Wildman–Crippen LogP) is 3.77. The average Bonchev–Trinajstić information content (AvgIpc) is 2.63. The zero-order chi connectivity index (χ0) is 14.9. The molecule has 0 spiro atoms. The first-order valence-electron chi connectivity index (χ1n) is 7.48. The van der Waals surface area contributed by atoms with E-state index in [1.807, 2.05) is 10.8 Å². The minimum absolute atomic E-state index is 0.153. The van der Waals surface area contributed by atoms with Crippen molar-refractivity contribution in [2.45, 2.75) is 66.0 Å². The second-order valence-electron chi connectivity index (χ2n) is 6.49. The van der Waals surface area contributed by atoms with Crippen LogP contribution in [0.25, 0.3) is 0 Å². The highest BCUT2D eigenvalue weighted by Crippen LogP contribution is 2.37. The normalized spacial score (nSPS) is 21.9. The number of aliphatic hydroxyl groups excluding tert-OH is 1. The Morgan fingerprint density at radius 2 is 2.15 bits per heavy atom. The van der Waals surface area contributed by atoms with Crippen molar-refractivity contribution < 1.29 is 5.11 Å². The first kappa shape index (κ1) is 15.6. The molecule has 0 amide bonds. The summed E-state index contributed by atoms with van der Waals surface area (Å²) in [5.41, 5.74) is 3.48. The summed E-state index contributed by atoms with van der Waals surface area (Å²) in [5.74, 6) is 0. The van der Waals surface area contributed by atoms with Crippen LogP contribution < -0.4 is 0 Å². The van der Waals surface area contributed by atoms with Crippen LogP contribution in [0.1, 0.15) is 51.9 Å². The molecule has 0 radical (unpaired) electrons. The molecule has 0 aliphatic heterocycles. The fourth-order valence-corrected chi connectivity index (χ4v) is 3.50. The van der Waals surface area contributed by atoms with Gasteiger partial charge in [-0.15, -0.1) is 0 Å². The van der Waals surface area contributed by atoms with Crippen LogP contribution >= 0.6 is 11.6 Å². The number of halogens is 1. The molecule has 2 rings (SSSR count). The third-order valence-electron chi connectivity index (χ3n) is 3.98. The lowest BCUT2D eigenvalue weighted by Gasteiger charge is -2.32. The summed E-state index contributed by atoms with van der Waals surface area (Å²) in [4.78, 5) is 0. The van der Waals surface area contributed by atoms with E-state index in [-0.39, 0.29) is 11.5 Å². The molecule has 0 fully saturated rings. The summed E-state index contributed by atoms with van der Waals surface area (Å²) >= 11 is 6.46. The number of aryl methyl sites for hydroxylation is 2. The summed E-state index contributed by atoms with van der Waals surface area (Å²) in [6, 6.07) is 0. The largest absolute Gasteiger partial charge is 0.389 e. The van der Waals surface area contributed by atoms with E-state index < -0.39 is 0 Å². The Morgan fingerprint density at radius 3 is 2.70 bits per heavy atom. The van der Waals surface area contributed by atoms with Gasteiger partial charge in [-0.2, -0.15) is 5.10 Å². The van der Waals surface area contributed by atoms with Crippen LogP contribution in [0.4, 0.5) is 0 Å². The first-order valence-corrected chi connectivity index (χ1v) is 7.85. The maximum absolute atomic E-state index is 10.0. The molecule has 4 heteroatoms. The summed E-state index contributed by atoms with van der Waals surface area (Å²) in [5, 5.41) is 15.4. The molecule has 1 aromatic heterocycles. The van der Waals surface area contributed by atoms with Gasteiger partial charge in [0, 0.05) is 13.0 Å². The van der Waals surface area contributed by atoms with Crippen molar-refractivity contribution in [1.82, 2.24) is 9.78 Å². The molecule has 1 aliphatic carbocycles. The number of rotatable bonds is 4. The molecule has 1 N–H and O–H groups in total. The smallest absolute Gasteiger partial charge is 0.0853 e. The second-order valence-corrected chi connectivity index (χ2v) is 6.87. The van der Waals surface area contributed by atoms with Crippen LogP contribution in [-0.4, -0.2) is 21.0 Å². The average molecular weight is 297 g/mol. The molecule has 112 valence electrons. The van der Waals surface area contributed by atoms with Gasteiger partial charge in [0.2, 0.25) is 0 Å². The Morgan fingerprint density at radius 1 is 1.45 bits per heavy atom. The Hall–Kier alpha value is -0.800. The number of aromatic nitrogens is 2. The highest BCUT2D eigenvalue weighted by Gasteiger charge is 2.28. The Labute approximate surface area is 126 Å². The summed E-state index contributed by atoms with van der Waals surface area (Å²) < 4.78 is 2.00. The molecular formula is C16H25ClN2O. The number of hydrogen-bond acceptors (Lipinski definition) is 2. The van der Waals surface area contributed by atoms with Gasteiger partial charge in [-0.1, -0.05) is 44.0 Å². The third kappa shape index (κ3) is 3.26. The topological polar surface area (TPSA) is 38.0 Å². The van der Waals surface area contributed by atoms with Crippen molar-refractivity contribution >= 4 is 11.6 Å². The standard InChI is InChI=1S/C16H25ClN2O/c1-5-13-15(17)14(19(6-2)18-13)8-11-7-12(20)10-16(3,4)9-11/h7,12,20H,5-6,8-10H2,1-4H3. The quantitative estimate of drug-likeness (QED) is 0.859. The van der Waals surface area contributed by atoms with Crippen LogP contribution in [0.3, 0.4) is 0 Å². The molecule has 0 aromatic carbocycles. The van der Waals surface area contributed by atoms with Crippen LogP contribution in [0.5, 0.6) is 0 Å². The van der Waals surface area contributed by atoms with Crippen molar-refractivity contribution in [2.75, 3.05) is 0 Å². The molecule has 1 heterocycles.